The van der Waals surface area contributed by atoms with Crippen molar-refractivity contribution in [3.63, 3.8) is 0 Å². The Morgan fingerprint density at radius 1 is 1.46 bits per heavy atom. The number of carbonyl (C=O) groups is 1. The second kappa shape index (κ2) is 3.54. The summed E-state index contributed by atoms with van der Waals surface area (Å²) < 4.78 is 0. The fraction of sp³-hybridized carbons (Fsp3) is 0.556. The first-order valence-corrected chi connectivity index (χ1v) is 5.59. The number of hydrogen-bond donors (Lipinski definition) is 1. The maximum absolute atomic E-state index is 11.2. The molecule has 0 radical (unpaired) electrons. The van der Waals surface area contributed by atoms with Gasteiger partial charge >= 0.3 is 0 Å². The highest BCUT2D eigenvalue weighted by molar-refractivity contribution is 7.99. The molecule has 0 fully saturated rings. The summed E-state index contributed by atoms with van der Waals surface area (Å²) in [6, 6.07) is 0. The van der Waals surface area contributed by atoms with Gasteiger partial charge in [0.2, 0.25) is 0 Å². The van der Waals surface area contributed by atoms with Gasteiger partial charge < -0.3 is 0 Å². The number of aryl methyl sites for hydroxylation is 1. The minimum absolute atomic E-state index is 0.0735. The Labute approximate surface area is 81.3 Å². The fourth-order valence-electron chi connectivity index (χ4n) is 1.62. The zero-order valence-electron chi connectivity index (χ0n) is 7.59. The molecule has 0 unspecified atom stereocenters. The van der Waals surface area contributed by atoms with Gasteiger partial charge in [-0.05, 0) is 24.3 Å². The normalized spacial score (nSPS) is 16.4. The van der Waals surface area contributed by atoms with Crippen LogP contribution in [-0.2, 0) is 12.8 Å². The first kappa shape index (κ1) is 8.81. The van der Waals surface area contributed by atoms with Crippen LogP contribution < -0.4 is 0 Å². The van der Waals surface area contributed by atoms with E-state index in [2.05, 4.69) is 10.2 Å². The standard InChI is InChI=1S/C9H12N2OS/c1-6(12)9-7-2-4-13-5-3-8(7)10-11-9/h2-5H2,1H3,(H,10,11). The van der Waals surface area contributed by atoms with Crippen LogP contribution in [0.1, 0.15) is 28.7 Å². The maximum atomic E-state index is 11.2. The summed E-state index contributed by atoms with van der Waals surface area (Å²) in [5, 5.41) is 7.02. The van der Waals surface area contributed by atoms with Crippen LogP contribution in [0.25, 0.3) is 0 Å². The summed E-state index contributed by atoms with van der Waals surface area (Å²) >= 11 is 1.94. The van der Waals surface area contributed by atoms with Crippen LogP contribution in [0.2, 0.25) is 0 Å². The summed E-state index contributed by atoms with van der Waals surface area (Å²) in [5.74, 6) is 2.31. The number of hydrogen-bond acceptors (Lipinski definition) is 3. The van der Waals surface area contributed by atoms with Crippen LogP contribution in [0.3, 0.4) is 0 Å². The van der Waals surface area contributed by atoms with Gasteiger partial charge in [-0.25, -0.2) is 0 Å². The molecule has 1 aliphatic rings. The van der Waals surface area contributed by atoms with Crippen molar-refractivity contribution in [2.45, 2.75) is 19.8 Å². The van der Waals surface area contributed by atoms with E-state index in [-0.39, 0.29) is 5.78 Å². The van der Waals surface area contributed by atoms with Crippen molar-refractivity contribution >= 4 is 17.5 Å². The number of rotatable bonds is 1. The number of aromatic amines is 1. The van der Waals surface area contributed by atoms with Crippen molar-refractivity contribution in [3.8, 4) is 0 Å². The quantitative estimate of drug-likeness (QED) is 0.691. The van der Waals surface area contributed by atoms with Gasteiger partial charge in [-0.1, -0.05) is 0 Å². The summed E-state index contributed by atoms with van der Waals surface area (Å²) in [6.07, 6.45) is 1.99. The number of carbonyl (C=O) groups excluding carboxylic acids is 1. The zero-order chi connectivity index (χ0) is 9.26. The Morgan fingerprint density at radius 2 is 2.23 bits per heavy atom. The molecule has 3 nitrogen and oxygen atoms in total. The molecule has 0 saturated carbocycles. The zero-order valence-corrected chi connectivity index (χ0v) is 8.41. The van der Waals surface area contributed by atoms with Gasteiger partial charge in [-0.2, -0.15) is 16.9 Å². The average Bonchev–Trinajstić information content (AvgIpc) is 2.36. The van der Waals surface area contributed by atoms with Crippen LogP contribution >= 0.6 is 11.8 Å². The van der Waals surface area contributed by atoms with Gasteiger partial charge in [0, 0.05) is 18.2 Å². The Morgan fingerprint density at radius 3 is 3.00 bits per heavy atom. The topological polar surface area (TPSA) is 45.8 Å². The Kier molecular flexibility index (Phi) is 2.40. The third-order valence-electron chi connectivity index (χ3n) is 2.28. The summed E-state index contributed by atoms with van der Waals surface area (Å²) in [7, 11) is 0. The second-order valence-electron chi connectivity index (χ2n) is 3.20. The largest absolute Gasteiger partial charge is 0.293 e. The van der Waals surface area contributed by atoms with E-state index in [1.807, 2.05) is 11.8 Å². The maximum Gasteiger partial charge on any atom is 0.180 e. The number of aromatic nitrogens is 2. The predicted octanol–water partition coefficient (Wildman–Crippen LogP) is 1.44. The first-order valence-electron chi connectivity index (χ1n) is 4.44. The number of fused-ring (bicyclic) bond motifs is 1. The lowest BCUT2D eigenvalue weighted by molar-refractivity contribution is 0.101. The third-order valence-corrected chi connectivity index (χ3v) is 3.26. The Balaban J connectivity index is 2.39. The summed E-state index contributed by atoms with van der Waals surface area (Å²) in [4.78, 5) is 11.2. The van der Waals surface area contributed by atoms with Gasteiger partial charge in [-0.3, -0.25) is 9.89 Å². The lowest BCUT2D eigenvalue weighted by atomic mass is 10.1. The molecule has 1 N–H and O–H groups in total. The predicted molar refractivity (Wildman–Crippen MR) is 53.3 cm³/mol. The smallest absolute Gasteiger partial charge is 0.180 e. The van der Waals surface area contributed by atoms with Crippen LogP contribution in [0.5, 0.6) is 0 Å². The van der Waals surface area contributed by atoms with Crippen LogP contribution in [0.15, 0.2) is 0 Å². The molecule has 0 amide bonds. The molecule has 70 valence electrons. The van der Waals surface area contributed by atoms with Crippen molar-refractivity contribution in [2.75, 3.05) is 11.5 Å². The summed E-state index contributed by atoms with van der Waals surface area (Å²) in [6.45, 7) is 1.58. The van der Waals surface area contributed by atoms with E-state index < -0.39 is 0 Å². The molecule has 0 aromatic carbocycles. The van der Waals surface area contributed by atoms with Gasteiger partial charge in [0.05, 0.1) is 0 Å². The van der Waals surface area contributed by atoms with Crippen LogP contribution in [-0.4, -0.2) is 27.5 Å². The van der Waals surface area contributed by atoms with Crippen molar-refractivity contribution in [1.82, 2.24) is 10.2 Å². The van der Waals surface area contributed by atoms with Crippen molar-refractivity contribution in [2.24, 2.45) is 0 Å². The molecule has 1 aliphatic heterocycles. The van der Waals surface area contributed by atoms with Gasteiger partial charge in [-0.15, -0.1) is 0 Å². The molecule has 0 spiro atoms. The number of nitrogens with one attached hydrogen (secondary N) is 1. The molecule has 0 saturated heterocycles. The number of thioether (sulfide) groups is 1. The average molecular weight is 196 g/mol. The van der Waals surface area contributed by atoms with E-state index in [0.717, 1.165) is 35.6 Å². The van der Waals surface area contributed by atoms with E-state index in [9.17, 15) is 4.79 Å². The molecule has 1 aromatic heterocycles. The van der Waals surface area contributed by atoms with Crippen molar-refractivity contribution < 1.29 is 4.79 Å². The Hall–Kier alpha value is -0.770. The molecule has 0 atom stereocenters. The number of nitrogens with zero attached hydrogens (tertiary/aromatic N) is 1. The highest BCUT2D eigenvalue weighted by Gasteiger charge is 2.17. The van der Waals surface area contributed by atoms with E-state index in [1.165, 1.54) is 0 Å². The number of Topliss-reactive ketones (excluding diaryl/α,β-unsaturated/α-hetero) is 1. The van der Waals surface area contributed by atoms with E-state index in [1.54, 1.807) is 6.92 Å². The highest BCUT2D eigenvalue weighted by atomic mass is 32.2. The molecule has 0 bridgehead atoms. The molecule has 2 heterocycles. The van der Waals surface area contributed by atoms with E-state index in [4.69, 9.17) is 0 Å². The fourth-order valence-corrected chi connectivity index (χ4v) is 2.52. The van der Waals surface area contributed by atoms with Crippen molar-refractivity contribution in [3.05, 3.63) is 17.0 Å². The number of ketones is 1. The van der Waals surface area contributed by atoms with Gasteiger partial charge in [0.1, 0.15) is 5.69 Å². The molecular weight excluding hydrogens is 184 g/mol. The first-order chi connectivity index (χ1) is 6.29. The SMILES string of the molecule is CC(=O)c1n[nH]c2c1CCSCC2. The van der Waals surface area contributed by atoms with Crippen molar-refractivity contribution in [1.29, 1.82) is 0 Å². The highest BCUT2D eigenvalue weighted by Crippen LogP contribution is 2.21. The Bertz CT molecular complexity index is 332. The number of H-pyrrole nitrogens is 1. The molecule has 2 rings (SSSR count). The molecule has 0 aliphatic carbocycles. The van der Waals surface area contributed by atoms with E-state index >= 15 is 0 Å². The third kappa shape index (κ3) is 1.63. The monoisotopic (exact) mass is 196 g/mol. The van der Waals surface area contributed by atoms with Crippen LogP contribution in [0, 0.1) is 0 Å². The minimum atomic E-state index is 0.0735. The molecular formula is C9H12N2OS. The second-order valence-corrected chi connectivity index (χ2v) is 4.42. The lowest BCUT2D eigenvalue weighted by Gasteiger charge is -1.96. The minimum Gasteiger partial charge on any atom is -0.293 e. The molecule has 1 aromatic rings. The van der Waals surface area contributed by atoms with Gasteiger partial charge in [0.15, 0.2) is 5.78 Å². The molecule has 4 heteroatoms. The lowest BCUT2D eigenvalue weighted by Crippen LogP contribution is -1.99. The van der Waals surface area contributed by atoms with Crippen LogP contribution in [0.4, 0.5) is 0 Å². The molecule has 13 heavy (non-hydrogen) atoms. The van der Waals surface area contributed by atoms with E-state index in [0.29, 0.717) is 5.69 Å². The van der Waals surface area contributed by atoms with Gasteiger partial charge in [0.25, 0.3) is 0 Å². The summed E-state index contributed by atoms with van der Waals surface area (Å²) in [5.41, 5.74) is 2.96.